The van der Waals surface area contributed by atoms with Gasteiger partial charge in [-0.3, -0.25) is 5.43 Å². The summed E-state index contributed by atoms with van der Waals surface area (Å²) < 4.78 is 37.4. The molecule has 0 unspecified atom stereocenters. The van der Waals surface area contributed by atoms with Crippen LogP contribution in [0.1, 0.15) is 11.1 Å². The van der Waals surface area contributed by atoms with Crippen molar-refractivity contribution in [3.63, 3.8) is 0 Å². The first kappa shape index (κ1) is 16.9. The van der Waals surface area contributed by atoms with E-state index in [-0.39, 0.29) is 10.8 Å². The molecule has 0 radical (unpaired) electrons. The van der Waals surface area contributed by atoms with E-state index in [1.807, 2.05) is 0 Å². The molecule has 0 saturated heterocycles. The van der Waals surface area contributed by atoms with Crippen LogP contribution in [0.4, 0.5) is 19.0 Å². The second-order valence-electron chi connectivity index (χ2n) is 4.09. The second kappa shape index (κ2) is 6.73. The van der Waals surface area contributed by atoms with Crippen molar-refractivity contribution in [1.29, 1.82) is 0 Å². The number of anilines is 1. The van der Waals surface area contributed by atoms with Crippen LogP contribution in [-0.4, -0.2) is 11.2 Å². The first-order valence-electron chi connectivity index (χ1n) is 5.74. The summed E-state index contributed by atoms with van der Waals surface area (Å²) in [6, 6.07) is 5.56. The number of aromatic nitrogens is 1. The second-order valence-corrected chi connectivity index (χ2v) is 5.34. The van der Waals surface area contributed by atoms with Gasteiger partial charge in [0.25, 0.3) is 0 Å². The van der Waals surface area contributed by atoms with Crippen molar-refractivity contribution in [2.24, 2.45) is 5.10 Å². The minimum absolute atomic E-state index is 0.00370. The lowest BCUT2D eigenvalue weighted by atomic mass is 10.2. The van der Waals surface area contributed by atoms with Crippen molar-refractivity contribution >= 4 is 46.8 Å². The van der Waals surface area contributed by atoms with Crippen LogP contribution in [0.15, 0.2) is 35.6 Å². The highest BCUT2D eigenvalue weighted by Gasteiger charge is 2.31. The minimum atomic E-state index is -4.50. The van der Waals surface area contributed by atoms with Crippen LogP contribution in [0.25, 0.3) is 0 Å². The van der Waals surface area contributed by atoms with E-state index in [1.54, 1.807) is 12.1 Å². The maximum atomic E-state index is 12.5. The summed E-state index contributed by atoms with van der Waals surface area (Å²) in [6.07, 6.45) is -2.47. The van der Waals surface area contributed by atoms with Crippen molar-refractivity contribution in [1.82, 2.24) is 4.98 Å². The number of rotatable bonds is 3. The number of nitrogens with one attached hydrogen (secondary N) is 1. The molecule has 0 bridgehead atoms. The quantitative estimate of drug-likeness (QED) is 0.573. The minimum Gasteiger partial charge on any atom is -0.260 e. The van der Waals surface area contributed by atoms with Gasteiger partial charge in [-0.2, -0.15) is 18.3 Å². The Hall–Kier alpha value is -1.50. The fraction of sp³-hybridized carbons (Fsp3) is 0.0769. The van der Waals surface area contributed by atoms with Crippen molar-refractivity contribution in [3.05, 3.63) is 56.7 Å². The summed E-state index contributed by atoms with van der Waals surface area (Å²) in [5.41, 5.74) is 2.08. The van der Waals surface area contributed by atoms with Crippen LogP contribution in [0.3, 0.4) is 0 Å². The van der Waals surface area contributed by atoms with E-state index >= 15 is 0 Å². The molecule has 2 aromatic rings. The zero-order chi connectivity index (χ0) is 16.3. The van der Waals surface area contributed by atoms with E-state index in [1.165, 1.54) is 12.3 Å². The number of alkyl halides is 3. The van der Waals surface area contributed by atoms with E-state index in [2.05, 4.69) is 15.5 Å². The molecule has 2 rings (SSSR count). The van der Waals surface area contributed by atoms with Crippen LogP contribution in [-0.2, 0) is 6.18 Å². The van der Waals surface area contributed by atoms with Crippen LogP contribution in [0.5, 0.6) is 0 Å². The molecule has 0 amide bonds. The molecule has 0 aliphatic carbocycles. The number of hydrazone groups is 1. The molecular formula is C13H7Cl3F3N3. The van der Waals surface area contributed by atoms with E-state index in [0.29, 0.717) is 21.8 Å². The SMILES string of the molecule is FC(F)(F)c1cnc(N/N=C\c2ccc(Cl)cc2Cl)c(Cl)c1. The molecule has 116 valence electrons. The first-order chi connectivity index (χ1) is 10.3. The van der Waals surface area contributed by atoms with Gasteiger partial charge in [0.1, 0.15) is 0 Å². The van der Waals surface area contributed by atoms with E-state index in [4.69, 9.17) is 34.8 Å². The van der Waals surface area contributed by atoms with E-state index in [9.17, 15) is 13.2 Å². The molecule has 22 heavy (non-hydrogen) atoms. The van der Waals surface area contributed by atoms with Crippen molar-refractivity contribution in [3.8, 4) is 0 Å². The number of halogens is 6. The molecule has 0 aliphatic heterocycles. The smallest absolute Gasteiger partial charge is 0.260 e. The molecule has 1 N–H and O–H groups in total. The van der Waals surface area contributed by atoms with Crippen molar-refractivity contribution in [2.75, 3.05) is 5.43 Å². The topological polar surface area (TPSA) is 37.3 Å². The summed E-state index contributed by atoms with van der Waals surface area (Å²) >= 11 is 17.4. The molecular weight excluding hydrogens is 362 g/mol. The highest BCUT2D eigenvalue weighted by Crippen LogP contribution is 2.32. The molecule has 1 aromatic heterocycles. The van der Waals surface area contributed by atoms with E-state index in [0.717, 1.165) is 6.07 Å². The Kier molecular flexibility index (Phi) is 5.16. The molecule has 1 aromatic carbocycles. The predicted molar refractivity (Wildman–Crippen MR) is 81.9 cm³/mol. The number of nitrogens with zero attached hydrogens (tertiary/aromatic N) is 2. The zero-order valence-electron chi connectivity index (χ0n) is 10.6. The maximum Gasteiger partial charge on any atom is 0.417 e. The molecule has 0 spiro atoms. The van der Waals surface area contributed by atoms with Gasteiger partial charge in [0.2, 0.25) is 0 Å². The molecule has 0 atom stereocenters. The Morgan fingerprint density at radius 1 is 1.09 bits per heavy atom. The third kappa shape index (κ3) is 4.25. The largest absolute Gasteiger partial charge is 0.417 e. The zero-order valence-corrected chi connectivity index (χ0v) is 12.9. The third-order valence-corrected chi connectivity index (χ3v) is 3.36. The van der Waals surface area contributed by atoms with E-state index < -0.39 is 11.7 Å². The Morgan fingerprint density at radius 2 is 1.82 bits per heavy atom. The summed E-state index contributed by atoms with van der Waals surface area (Å²) in [4.78, 5) is 3.58. The highest BCUT2D eigenvalue weighted by atomic mass is 35.5. The van der Waals surface area contributed by atoms with Gasteiger partial charge in [-0.25, -0.2) is 4.98 Å². The summed E-state index contributed by atoms with van der Waals surface area (Å²) in [5, 5.41) is 4.48. The average molecular weight is 369 g/mol. The molecule has 0 saturated carbocycles. The molecule has 0 aliphatic rings. The lowest BCUT2D eigenvalue weighted by molar-refractivity contribution is -0.137. The van der Waals surface area contributed by atoms with Gasteiger partial charge in [-0.15, -0.1) is 0 Å². The maximum absolute atomic E-state index is 12.5. The molecule has 9 heteroatoms. The fourth-order valence-electron chi connectivity index (χ4n) is 1.44. The Balaban J connectivity index is 2.13. The highest BCUT2D eigenvalue weighted by molar-refractivity contribution is 6.36. The van der Waals surface area contributed by atoms with Gasteiger partial charge in [0.15, 0.2) is 5.82 Å². The number of benzene rings is 1. The van der Waals surface area contributed by atoms with Crippen molar-refractivity contribution < 1.29 is 13.2 Å². The predicted octanol–water partition coefficient (Wildman–Crippen LogP) is 5.51. The number of hydrogen-bond acceptors (Lipinski definition) is 3. The lowest BCUT2D eigenvalue weighted by Gasteiger charge is -2.08. The van der Waals surface area contributed by atoms with Crippen LogP contribution in [0, 0.1) is 0 Å². The van der Waals surface area contributed by atoms with Crippen molar-refractivity contribution in [2.45, 2.75) is 6.18 Å². The summed E-state index contributed by atoms with van der Waals surface area (Å²) in [5.74, 6) is -0.00370. The molecule has 1 heterocycles. The summed E-state index contributed by atoms with van der Waals surface area (Å²) in [6.45, 7) is 0. The van der Waals surface area contributed by atoms with Crippen LogP contribution >= 0.6 is 34.8 Å². The molecule has 0 fully saturated rings. The standard InChI is InChI=1S/C13H7Cl3F3N3/c14-9-2-1-7(10(15)4-9)5-21-22-12-11(16)3-8(6-20-12)13(17,18)19/h1-6H,(H,20,22)/b21-5-. The first-order valence-corrected chi connectivity index (χ1v) is 6.87. The van der Waals surface area contributed by atoms with Gasteiger partial charge >= 0.3 is 6.18 Å². The summed E-state index contributed by atoms with van der Waals surface area (Å²) in [7, 11) is 0. The average Bonchev–Trinajstić information content (AvgIpc) is 2.41. The monoisotopic (exact) mass is 367 g/mol. The lowest BCUT2D eigenvalue weighted by Crippen LogP contribution is -2.06. The third-order valence-electron chi connectivity index (χ3n) is 2.51. The van der Waals surface area contributed by atoms with Gasteiger partial charge in [0, 0.05) is 16.8 Å². The van der Waals surface area contributed by atoms with Crippen LogP contribution < -0.4 is 5.43 Å². The van der Waals surface area contributed by atoms with Gasteiger partial charge < -0.3 is 0 Å². The van der Waals surface area contributed by atoms with Gasteiger partial charge in [-0.1, -0.05) is 40.9 Å². The normalized spacial score (nSPS) is 11.9. The Labute approximate surface area is 138 Å². The number of pyridine rings is 1. The van der Waals surface area contributed by atoms with Gasteiger partial charge in [0.05, 0.1) is 21.8 Å². The molecule has 3 nitrogen and oxygen atoms in total. The Bertz CT molecular complexity index is 717. The Morgan fingerprint density at radius 3 is 2.41 bits per heavy atom. The van der Waals surface area contributed by atoms with Crippen LogP contribution in [0.2, 0.25) is 15.1 Å². The fourth-order valence-corrected chi connectivity index (χ4v) is 2.11. The number of hydrogen-bond donors (Lipinski definition) is 1. The van der Waals surface area contributed by atoms with Gasteiger partial charge in [-0.05, 0) is 18.2 Å².